The molecular weight excluding hydrogens is 254 g/mol. The van der Waals surface area contributed by atoms with E-state index in [9.17, 15) is 4.79 Å². The van der Waals surface area contributed by atoms with Crippen LogP contribution in [0.2, 0.25) is 0 Å². The van der Waals surface area contributed by atoms with E-state index in [0.29, 0.717) is 18.1 Å². The molecule has 0 saturated heterocycles. The van der Waals surface area contributed by atoms with Crippen molar-refractivity contribution in [3.63, 3.8) is 0 Å². The van der Waals surface area contributed by atoms with Crippen LogP contribution in [0.4, 0.5) is 0 Å². The summed E-state index contributed by atoms with van der Waals surface area (Å²) in [6.45, 7) is 6.30. The molecule has 20 heavy (non-hydrogen) atoms. The molecule has 0 heterocycles. The van der Waals surface area contributed by atoms with Gasteiger partial charge in [-0.15, -0.1) is 0 Å². The zero-order valence-electron chi connectivity index (χ0n) is 12.6. The maximum atomic E-state index is 11.8. The second-order valence-electron chi connectivity index (χ2n) is 5.20. The van der Waals surface area contributed by atoms with E-state index in [2.05, 4.69) is 19.2 Å². The van der Waals surface area contributed by atoms with Crippen LogP contribution in [0, 0.1) is 0 Å². The molecule has 4 nitrogen and oxygen atoms in total. The van der Waals surface area contributed by atoms with Crippen molar-refractivity contribution in [3.05, 3.63) is 29.8 Å². The van der Waals surface area contributed by atoms with Crippen LogP contribution in [0.5, 0.6) is 5.75 Å². The van der Waals surface area contributed by atoms with Crippen LogP contribution in [0.3, 0.4) is 0 Å². The zero-order chi connectivity index (χ0) is 15.0. The molecule has 0 aliphatic carbocycles. The molecule has 0 aliphatic rings. The molecule has 112 valence electrons. The summed E-state index contributed by atoms with van der Waals surface area (Å²) in [6.07, 6.45) is 1.38. The average molecular weight is 279 g/mol. The minimum absolute atomic E-state index is 0.00345. The number of carbonyl (C=O) groups excluding carboxylic acids is 1. The van der Waals surface area contributed by atoms with Crippen molar-refractivity contribution in [2.45, 2.75) is 45.6 Å². The Kier molecular flexibility index (Phi) is 7.09. The lowest BCUT2D eigenvalue weighted by molar-refractivity contribution is -0.123. The number of carbonyl (C=O) groups is 1. The number of ether oxygens (including phenoxy) is 1. The van der Waals surface area contributed by atoms with Crippen molar-refractivity contribution in [1.29, 1.82) is 0 Å². The Morgan fingerprint density at radius 1 is 1.40 bits per heavy atom. The predicted octanol–water partition coefficient (Wildman–Crippen LogP) is 2.47. The number of rotatable bonds is 8. The fourth-order valence-corrected chi connectivity index (χ4v) is 1.92. The molecule has 0 spiro atoms. The summed E-state index contributed by atoms with van der Waals surface area (Å²) < 4.78 is 5.51. The van der Waals surface area contributed by atoms with E-state index in [1.807, 2.05) is 31.2 Å². The van der Waals surface area contributed by atoms with Gasteiger partial charge >= 0.3 is 0 Å². The van der Waals surface area contributed by atoms with E-state index < -0.39 is 0 Å². The first-order valence-corrected chi connectivity index (χ1v) is 7.19. The Bertz CT molecular complexity index is 418. The van der Waals surface area contributed by atoms with E-state index in [1.165, 1.54) is 5.56 Å². The standard InChI is InChI=1S/C16H25NO3/c1-4-14(8-9-18)17-16(19)11-20-15-7-5-6-13(10-15)12(2)3/h5-7,10,12,14,18H,4,8-9,11H2,1-3H3,(H,17,19). The van der Waals surface area contributed by atoms with Crippen molar-refractivity contribution in [3.8, 4) is 5.75 Å². The molecule has 1 rings (SSSR count). The van der Waals surface area contributed by atoms with E-state index in [1.54, 1.807) is 0 Å². The van der Waals surface area contributed by atoms with E-state index >= 15 is 0 Å². The number of hydrogen-bond acceptors (Lipinski definition) is 3. The number of aliphatic hydroxyl groups is 1. The molecular formula is C16H25NO3. The first-order chi connectivity index (χ1) is 9.56. The van der Waals surface area contributed by atoms with Gasteiger partial charge in [-0.25, -0.2) is 0 Å². The number of hydrogen-bond donors (Lipinski definition) is 2. The molecule has 2 N–H and O–H groups in total. The smallest absolute Gasteiger partial charge is 0.258 e. The second kappa shape index (κ2) is 8.59. The SMILES string of the molecule is CCC(CCO)NC(=O)COc1cccc(C(C)C)c1. The Labute approximate surface area is 121 Å². The van der Waals surface area contributed by atoms with Crippen LogP contribution in [-0.4, -0.2) is 30.3 Å². The molecule has 1 atom stereocenters. The topological polar surface area (TPSA) is 58.6 Å². The number of benzene rings is 1. The highest BCUT2D eigenvalue weighted by Gasteiger charge is 2.10. The average Bonchev–Trinajstić information content (AvgIpc) is 2.45. The summed E-state index contributed by atoms with van der Waals surface area (Å²) in [7, 11) is 0. The minimum Gasteiger partial charge on any atom is -0.484 e. The second-order valence-corrected chi connectivity index (χ2v) is 5.20. The highest BCUT2D eigenvalue weighted by Crippen LogP contribution is 2.19. The largest absolute Gasteiger partial charge is 0.484 e. The number of amides is 1. The lowest BCUT2D eigenvalue weighted by Crippen LogP contribution is -2.38. The fourth-order valence-electron chi connectivity index (χ4n) is 1.92. The zero-order valence-corrected chi connectivity index (χ0v) is 12.6. The molecule has 1 unspecified atom stereocenters. The normalized spacial score (nSPS) is 12.2. The van der Waals surface area contributed by atoms with Gasteiger partial charge in [0.15, 0.2) is 6.61 Å². The van der Waals surface area contributed by atoms with Crippen LogP contribution in [0.25, 0.3) is 0 Å². The summed E-state index contributed by atoms with van der Waals surface area (Å²) in [5, 5.41) is 11.7. The van der Waals surface area contributed by atoms with Gasteiger partial charge in [0.1, 0.15) is 5.75 Å². The van der Waals surface area contributed by atoms with Crippen molar-refractivity contribution in [2.75, 3.05) is 13.2 Å². The van der Waals surface area contributed by atoms with Crippen LogP contribution in [0.15, 0.2) is 24.3 Å². The van der Waals surface area contributed by atoms with E-state index in [0.717, 1.165) is 6.42 Å². The first kappa shape index (κ1) is 16.5. The van der Waals surface area contributed by atoms with Gasteiger partial charge in [0.2, 0.25) is 0 Å². The van der Waals surface area contributed by atoms with Gasteiger partial charge in [0.25, 0.3) is 5.91 Å². The highest BCUT2D eigenvalue weighted by molar-refractivity contribution is 5.77. The third-order valence-corrected chi connectivity index (χ3v) is 3.23. The summed E-state index contributed by atoms with van der Waals surface area (Å²) in [6, 6.07) is 7.81. The predicted molar refractivity (Wildman–Crippen MR) is 80.0 cm³/mol. The lowest BCUT2D eigenvalue weighted by atomic mass is 10.0. The van der Waals surface area contributed by atoms with Crippen molar-refractivity contribution >= 4 is 5.91 Å². The first-order valence-electron chi connectivity index (χ1n) is 7.19. The van der Waals surface area contributed by atoms with E-state index in [-0.39, 0.29) is 25.2 Å². The summed E-state index contributed by atoms with van der Waals surface area (Å²) in [5.41, 5.74) is 1.19. The van der Waals surface area contributed by atoms with Crippen LogP contribution in [0.1, 0.15) is 45.1 Å². The minimum atomic E-state index is -0.153. The van der Waals surface area contributed by atoms with Gasteiger partial charge in [-0.2, -0.15) is 0 Å². The molecule has 4 heteroatoms. The molecule has 0 fully saturated rings. The Morgan fingerprint density at radius 3 is 2.75 bits per heavy atom. The number of nitrogens with one attached hydrogen (secondary N) is 1. The molecule has 0 aliphatic heterocycles. The maximum absolute atomic E-state index is 11.8. The molecule has 0 radical (unpaired) electrons. The molecule has 1 aromatic carbocycles. The Hall–Kier alpha value is -1.55. The molecule has 0 saturated carbocycles. The lowest BCUT2D eigenvalue weighted by Gasteiger charge is -2.16. The van der Waals surface area contributed by atoms with Crippen LogP contribution in [-0.2, 0) is 4.79 Å². The monoisotopic (exact) mass is 279 g/mol. The van der Waals surface area contributed by atoms with Crippen LogP contribution < -0.4 is 10.1 Å². The van der Waals surface area contributed by atoms with Gasteiger partial charge in [0, 0.05) is 12.6 Å². The molecule has 0 bridgehead atoms. The highest BCUT2D eigenvalue weighted by atomic mass is 16.5. The summed E-state index contributed by atoms with van der Waals surface area (Å²) >= 11 is 0. The summed E-state index contributed by atoms with van der Waals surface area (Å²) in [5.74, 6) is 0.989. The van der Waals surface area contributed by atoms with Crippen molar-refractivity contribution in [1.82, 2.24) is 5.32 Å². The quantitative estimate of drug-likeness (QED) is 0.768. The van der Waals surface area contributed by atoms with Gasteiger partial charge in [-0.3, -0.25) is 4.79 Å². The third-order valence-electron chi connectivity index (χ3n) is 3.23. The van der Waals surface area contributed by atoms with E-state index in [4.69, 9.17) is 9.84 Å². The van der Waals surface area contributed by atoms with Gasteiger partial charge in [0.05, 0.1) is 0 Å². The fraction of sp³-hybridized carbons (Fsp3) is 0.562. The van der Waals surface area contributed by atoms with Crippen molar-refractivity contribution in [2.24, 2.45) is 0 Å². The molecule has 1 aromatic rings. The summed E-state index contributed by atoms with van der Waals surface area (Å²) in [4.78, 5) is 11.8. The van der Waals surface area contributed by atoms with Crippen LogP contribution >= 0.6 is 0 Å². The van der Waals surface area contributed by atoms with Gasteiger partial charge in [-0.1, -0.05) is 32.9 Å². The Morgan fingerprint density at radius 2 is 2.15 bits per heavy atom. The third kappa shape index (κ3) is 5.61. The van der Waals surface area contributed by atoms with Crippen molar-refractivity contribution < 1.29 is 14.6 Å². The van der Waals surface area contributed by atoms with Gasteiger partial charge < -0.3 is 15.2 Å². The number of aliphatic hydroxyl groups excluding tert-OH is 1. The Balaban J connectivity index is 2.46. The molecule has 0 aromatic heterocycles. The van der Waals surface area contributed by atoms with Gasteiger partial charge in [-0.05, 0) is 36.5 Å². The maximum Gasteiger partial charge on any atom is 0.258 e. The molecule has 1 amide bonds.